The normalized spacial score (nSPS) is 14.3. The molecule has 4 heteroatoms. The van der Waals surface area contributed by atoms with Crippen molar-refractivity contribution in [1.82, 2.24) is 0 Å². The smallest absolute Gasteiger partial charge is 0.0927 e. The summed E-state index contributed by atoms with van der Waals surface area (Å²) in [6.45, 7) is 4.12. The summed E-state index contributed by atoms with van der Waals surface area (Å²) in [5.74, 6) is 0. The quantitative estimate of drug-likeness (QED) is 0.628. The highest BCUT2D eigenvalue weighted by Crippen LogP contribution is 2.04. The number of aliphatic hydroxyl groups excluding tert-OH is 1. The predicted molar refractivity (Wildman–Crippen MR) is 76.1 cm³/mol. The number of benzene rings is 1. The third-order valence-corrected chi connectivity index (χ3v) is 2.82. The summed E-state index contributed by atoms with van der Waals surface area (Å²) in [5, 5.41) is 9.89. The van der Waals surface area contributed by atoms with E-state index in [0.717, 1.165) is 18.6 Å². The summed E-state index contributed by atoms with van der Waals surface area (Å²) in [7, 11) is 0. The minimum atomic E-state index is -0.647. The summed E-state index contributed by atoms with van der Waals surface area (Å²) in [6.07, 6.45) is 1.01. The molecule has 0 bridgehead atoms. The molecule has 0 amide bonds. The summed E-state index contributed by atoms with van der Waals surface area (Å²) in [4.78, 5) is 0. The van der Waals surface area contributed by atoms with E-state index in [2.05, 4.69) is 6.92 Å². The summed E-state index contributed by atoms with van der Waals surface area (Å²) >= 11 is 0. The Balaban J connectivity index is 2.13. The van der Waals surface area contributed by atoms with Crippen LogP contribution >= 0.6 is 0 Å². The Kier molecular flexibility index (Phi) is 8.41. The second kappa shape index (κ2) is 9.92. The molecule has 2 atom stereocenters. The minimum Gasteiger partial charge on any atom is -0.389 e. The van der Waals surface area contributed by atoms with Gasteiger partial charge in [0.25, 0.3) is 0 Å². The molecule has 0 aliphatic heterocycles. The van der Waals surface area contributed by atoms with E-state index in [1.807, 2.05) is 30.3 Å². The molecular formula is C15H25NO3. The van der Waals surface area contributed by atoms with Crippen LogP contribution in [0.15, 0.2) is 30.3 Å². The van der Waals surface area contributed by atoms with E-state index in [9.17, 15) is 5.11 Å². The van der Waals surface area contributed by atoms with Gasteiger partial charge in [-0.25, -0.2) is 0 Å². The number of ether oxygens (including phenoxy) is 2. The fraction of sp³-hybridized carbons (Fsp3) is 0.600. The van der Waals surface area contributed by atoms with E-state index in [1.165, 1.54) is 0 Å². The third kappa shape index (κ3) is 7.28. The number of rotatable bonds is 10. The topological polar surface area (TPSA) is 64.7 Å². The second-order valence-corrected chi connectivity index (χ2v) is 4.61. The van der Waals surface area contributed by atoms with Crippen LogP contribution in [0.4, 0.5) is 0 Å². The van der Waals surface area contributed by atoms with Gasteiger partial charge in [-0.05, 0) is 18.4 Å². The Morgan fingerprint density at radius 1 is 1.11 bits per heavy atom. The Labute approximate surface area is 115 Å². The van der Waals surface area contributed by atoms with Crippen molar-refractivity contribution in [3.05, 3.63) is 35.9 Å². The maximum atomic E-state index is 9.89. The predicted octanol–water partition coefficient (Wildman–Crippen LogP) is 1.36. The van der Waals surface area contributed by atoms with Crippen LogP contribution in [0.1, 0.15) is 18.9 Å². The van der Waals surface area contributed by atoms with Gasteiger partial charge in [-0.1, -0.05) is 37.3 Å². The first-order valence-electron chi connectivity index (χ1n) is 6.87. The molecule has 0 spiro atoms. The molecule has 0 heterocycles. The zero-order chi connectivity index (χ0) is 13.9. The number of nitrogens with two attached hydrogens (primary N) is 1. The molecule has 1 aromatic carbocycles. The van der Waals surface area contributed by atoms with Crippen LogP contribution in [0.25, 0.3) is 0 Å². The lowest BCUT2D eigenvalue weighted by Gasteiger charge is -2.19. The molecular weight excluding hydrogens is 242 g/mol. The Morgan fingerprint density at radius 3 is 2.47 bits per heavy atom. The summed E-state index contributed by atoms with van der Waals surface area (Å²) in [6, 6.07) is 9.61. The molecule has 0 fully saturated rings. The van der Waals surface area contributed by atoms with Crippen molar-refractivity contribution in [2.24, 2.45) is 5.73 Å². The average molecular weight is 267 g/mol. The van der Waals surface area contributed by atoms with Crippen molar-refractivity contribution in [3.63, 3.8) is 0 Å². The van der Waals surface area contributed by atoms with Crippen molar-refractivity contribution in [2.45, 2.75) is 31.9 Å². The van der Waals surface area contributed by atoms with Gasteiger partial charge in [0.1, 0.15) is 0 Å². The Morgan fingerprint density at radius 2 is 1.79 bits per heavy atom. The summed E-state index contributed by atoms with van der Waals surface area (Å²) in [5.41, 5.74) is 7.08. The molecule has 108 valence electrons. The Bertz CT molecular complexity index is 318. The van der Waals surface area contributed by atoms with E-state index in [4.69, 9.17) is 15.2 Å². The monoisotopic (exact) mass is 267 g/mol. The SMILES string of the molecule is CCCOCCOCC(O)C(N)Cc1ccccc1. The van der Waals surface area contributed by atoms with Crippen molar-refractivity contribution in [1.29, 1.82) is 0 Å². The molecule has 0 aliphatic rings. The van der Waals surface area contributed by atoms with Crippen LogP contribution in [0.2, 0.25) is 0 Å². The van der Waals surface area contributed by atoms with Gasteiger partial charge in [0, 0.05) is 12.6 Å². The lowest BCUT2D eigenvalue weighted by atomic mass is 10.0. The van der Waals surface area contributed by atoms with Gasteiger partial charge in [0.05, 0.1) is 25.9 Å². The lowest BCUT2D eigenvalue weighted by molar-refractivity contribution is -0.00399. The van der Waals surface area contributed by atoms with Gasteiger partial charge in [0.15, 0.2) is 0 Å². The molecule has 1 aromatic rings. The number of hydrogen-bond donors (Lipinski definition) is 2. The van der Waals surface area contributed by atoms with Crippen molar-refractivity contribution >= 4 is 0 Å². The Hall–Kier alpha value is -0.940. The largest absolute Gasteiger partial charge is 0.389 e. The van der Waals surface area contributed by atoms with Gasteiger partial charge < -0.3 is 20.3 Å². The maximum Gasteiger partial charge on any atom is 0.0927 e. The van der Waals surface area contributed by atoms with Crippen molar-refractivity contribution in [2.75, 3.05) is 26.4 Å². The molecule has 19 heavy (non-hydrogen) atoms. The highest BCUT2D eigenvalue weighted by molar-refractivity contribution is 5.16. The fourth-order valence-electron chi connectivity index (χ4n) is 1.71. The maximum absolute atomic E-state index is 9.89. The highest BCUT2D eigenvalue weighted by Gasteiger charge is 2.15. The standard InChI is InChI=1S/C15H25NO3/c1-2-8-18-9-10-19-12-15(17)14(16)11-13-6-4-3-5-7-13/h3-7,14-15,17H,2,8-12,16H2,1H3. The highest BCUT2D eigenvalue weighted by atomic mass is 16.5. The van der Waals surface area contributed by atoms with E-state index in [-0.39, 0.29) is 12.6 Å². The molecule has 0 saturated heterocycles. The van der Waals surface area contributed by atoms with Gasteiger partial charge in [-0.3, -0.25) is 0 Å². The lowest BCUT2D eigenvalue weighted by Crippen LogP contribution is -2.39. The molecule has 0 aliphatic carbocycles. The second-order valence-electron chi connectivity index (χ2n) is 4.61. The van der Waals surface area contributed by atoms with Crippen LogP contribution in [-0.4, -0.2) is 43.7 Å². The first-order chi connectivity index (χ1) is 9.24. The van der Waals surface area contributed by atoms with Gasteiger partial charge >= 0.3 is 0 Å². The molecule has 0 saturated carbocycles. The molecule has 0 aromatic heterocycles. The van der Waals surface area contributed by atoms with Gasteiger partial charge in [0.2, 0.25) is 0 Å². The van der Waals surface area contributed by atoms with Crippen LogP contribution in [0.3, 0.4) is 0 Å². The van der Waals surface area contributed by atoms with Crippen molar-refractivity contribution in [3.8, 4) is 0 Å². The van der Waals surface area contributed by atoms with E-state index in [1.54, 1.807) is 0 Å². The van der Waals surface area contributed by atoms with Crippen LogP contribution in [0, 0.1) is 0 Å². The first-order valence-corrected chi connectivity index (χ1v) is 6.87. The molecule has 4 nitrogen and oxygen atoms in total. The first kappa shape index (κ1) is 16.1. The van der Waals surface area contributed by atoms with Crippen LogP contribution in [-0.2, 0) is 15.9 Å². The van der Waals surface area contributed by atoms with Gasteiger partial charge in [-0.2, -0.15) is 0 Å². The zero-order valence-corrected chi connectivity index (χ0v) is 11.6. The van der Waals surface area contributed by atoms with E-state index >= 15 is 0 Å². The molecule has 2 unspecified atom stereocenters. The fourth-order valence-corrected chi connectivity index (χ4v) is 1.71. The molecule has 0 radical (unpaired) electrons. The third-order valence-electron chi connectivity index (χ3n) is 2.82. The summed E-state index contributed by atoms with van der Waals surface area (Å²) < 4.78 is 10.6. The van der Waals surface area contributed by atoms with Gasteiger partial charge in [-0.15, -0.1) is 0 Å². The molecule has 3 N–H and O–H groups in total. The molecule has 1 rings (SSSR count). The van der Waals surface area contributed by atoms with Crippen molar-refractivity contribution < 1.29 is 14.6 Å². The zero-order valence-electron chi connectivity index (χ0n) is 11.6. The van der Waals surface area contributed by atoms with E-state index < -0.39 is 6.10 Å². The minimum absolute atomic E-state index is 0.253. The van der Waals surface area contributed by atoms with E-state index in [0.29, 0.717) is 19.6 Å². The van der Waals surface area contributed by atoms with Crippen LogP contribution in [0.5, 0.6) is 0 Å². The van der Waals surface area contributed by atoms with Crippen LogP contribution < -0.4 is 5.73 Å². The number of aliphatic hydroxyl groups is 1. The number of hydrogen-bond acceptors (Lipinski definition) is 4. The average Bonchev–Trinajstić information content (AvgIpc) is 2.43.